The fourth-order valence-electron chi connectivity index (χ4n) is 2.09. The molecule has 106 valence electrons. The van der Waals surface area contributed by atoms with Gasteiger partial charge in [0.05, 0.1) is 7.11 Å². The zero-order valence-electron chi connectivity index (χ0n) is 11.3. The van der Waals surface area contributed by atoms with Gasteiger partial charge in [-0.05, 0) is 24.1 Å². The maximum absolute atomic E-state index is 12.2. The summed E-state index contributed by atoms with van der Waals surface area (Å²) in [5, 5.41) is 0. The van der Waals surface area contributed by atoms with Gasteiger partial charge in [0.2, 0.25) is 5.91 Å². The maximum atomic E-state index is 12.2. The predicted octanol–water partition coefficient (Wildman–Crippen LogP) is 2.67. The Morgan fingerprint density at radius 3 is 2.70 bits per heavy atom. The van der Waals surface area contributed by atoms with Crippen molar-refractivity contribution in [1.29, 1.82) is 0 Å². The van der Waals surface area contributed by atoms with E-state index in [-0.39, 0.29) is 18.3 Å². The molecule has 0 fully saturated rings. The van der Waals surface area contributed by atoms with E-state index in [9.17, 15) is 9.59 Å². The molecular weight excluding hydrogens is 322 g/mol. The second kappa shape index (κ2) is 6.70. The quantitative estimate of drug-likeness (QED) is 0.776. The molecule has 0 N–H and O–H groups in total. The molecule has 1 aromatic carbocycles. The number of halogens is 1. The van der Waals surface area contributed by atoms with Crippen LogP contribution in [0.2, 0.25) is 0 Å². The molecule has 0 unspecified atom stereocenters. The molecule has 1 amide bonds. The maximum Gasteiger partial charge on any atom is 0.305 e. The summed E-state index contributed by atoms with van der Waals surface area (Å²) in [6.07, 6.45) is 2.59. The first-order chi connectivity index (χ1) is 9.60. The lowest BCUT2D eigenvalue weighted by Crippen LogP contribution is -2.26. The molecule has 0 atom stereocenters. The van der Waals surface area contributed by atoms with Crippen LogP contribution in [-0.4, -0.2) is 30.4 Å². The van der Waals surface area contributed by atoms with Gasteiger partial charge in [-0.1, -0.05) is 34.1 Å². The van der Waals surface area contributed by atoms with Crippen LogP contribution in [0.4, 0.5) is 0 Å². The summed E-state index contributed by atoms with van der Waals surface area (Å²) < 4.78 is 5.60. The molecule has 0 bridgehead atoms. The van der Waals surface area contributed by atoms with Crippen molar-refractivity contribution < 1.29 is 14.3 Å². The first kappa shape index (κ1) is 14.8. The van der Waals surface area contributed by atoms with Crippen molar-refractivity contribution in [2.24, 2.45) is 0 Å². The normalized spacial score (nSPS) is 14.4. The van der Waals surface area contributed by atoms with E-state index in [0.717, 1.165) is 10.0 Å². The van der Waals surface area contributed by atoms with Crippen LogP contribution in [-0.2, 0) is 20.9 Å². The minimum absolute atomic E-state index is 0.0109. The SMILES string of the molecule is COC(=O)CCC1=CCN(Cc2ccc(Br)cc2)C1=O. The molecule has 2 rings (SSSR count). The van der Waals surface area contributed by atoms with E-state index in [1.165, 1.54) is 7.11 Å². The summed E-state index contributed by atoms with van der Waals surface area (Å²) in [4.78, 5) is 25.0. The Morgan fingerprint density at radius 2 is 2.05 bits per heavy atom. The Balaban J connectivity index is 1.89. The number of hydrogen-bond donors (Lipinski definition) is 0. The summed E-state index contributed by atoms with van der Waals surface area (Å²) in [5.41, 5.74) is 1.79. The highest BCUT2D eigenvalue weighted by Crippen LogP contribution is 2.20. The second-order valence-corrected chi connectivity index (χ2v) is 5.53. The zero-order chi connectivity index (χ0) is 14.5. The van der Waals surface area contributed by atoms with Crippen LogP contribution in [0.3, 0.4) is 0 Å². The Labute approximate surface area is 126 Å². The van der Waals surface area contributed by atoms with Crippen molar-refractivity contribution in [2.45, 2.75) is 19.4 Å². The smallest absolute Gasteiger partial charge is 0.305 e. The van der Waals surface area contributed by atoms with Crippen LogP contribution in [0.1, 0.15) is 18.4 Å². The van der Waals surface area contributed by atoms with Gasteiger partial charge in [-0.25, -0.2) is 0 Å². The van der Waals surface area contributed by atoms with Crippen molar-refractivity contribution in [2.75, 3.05) is 13.7 Å². The van der Waals surface area contributed by atoms with Crippen LogP contribution in [0, 0.1) is 0 Å². The summed E-state index contributed by atoms with van der Waals surface area (Å²) in [5.74, 6) is -0.276. The van der Waals surface area contributed by atoms with Gasteiger partial charge >= 0.3 is 5.97 Å². The molecule has 0 aliphatic carbocycles. The molecule has 1 heterocycles. The average Bonchev–Trinajstić information content (AvgIpc) is 2.80. The van der Waals surface area contributed by atoms with E-state index in [1.807, 2.05) is 30.3 Å². The molecule has 0 radical (unpaired) electrons. The van der Waals surface area contributed by atoms with E-state index in [0.29, 0.717) is 25.1 Å². The molecule has 0 aromatic heterocycles. The van der Waals surface area contributed by atoms with Gasteiger partial charge < -0.3 is 9.64 Å². The summed E-state index contributed by atoms with van der Waals surface area (Å²) in [6, 6.07) is 7.90. The molecule has 1 aliphatic heterocycles. The zero-order valence-corrected chi connectivity index (χ0v) is 12.9. The minimum Gasteiger partial charge on any atom is -0.469 e. The van der Waals surface area contributed by atoms with Crippen LogP contribution >= 0.6 is 15.9 Å². The highest BCUT2D eigenvalue weighted by Gasteiger charge is 2.24. The Kier molecular flexibility index (Phi) is 4.95. The van der Waals surface area contributed by atoms with Gasteiger partial charge in [0.1, 0.15) is 0 Å². The van der Waals surface area contributed by atoms with Gasteiger partial charge in [-0.2, -0.15) is 0 Å². The van der Waals surface area contributed by atoms with Crippen LogP contribution in [0.25, 0.3) is 0 Å². The largest absolute Gasteiger partial charge is 0.469 e. The van der Waals surface area contributed by atoms with E-state index in [1.54, 1.807) is 4.90 Å². The van der Waals surface area contributed by atoms with Crippen molar-refractivity contribution in [1.82, 2.24) is 4.90 Å². The Hall–Kier alpha value is -1.62. The molecule has 0 saturated carbocycles. The first-order valence-corrected chi connectivity index (χ1v) is 7.19. The van der Waals surface area contributed by atoms with Crippen LogP contribution in [0.5, 0.6) is 0 Å². The number of nitrogens with zero attached hydrogens (tertiary/aromatic N) is 1. The third-order valence-corrected chi connectivity index (χ3v) is 3.76. The van der Waals surface area contributed by atoms with E-state index < -0.39 is 0 Å². The summed E-state index contributed by atoms with van der Waals surface area (Å²) in [7, 11) is 1.35. The van der Waals surface area contributed by atoms with Gasteiger partial charge in [0.15, 0.2) is 0 Å². The molecule has 5 heteroatoms. The number of carbonyl (C=O) groups is 2. The lowest BCUT2D eigenvalue weighted by molar-refractivity contribution is -0.140. The summed E-state index contributed by atoms with van der Waals surface area (Å²) >= 11 is 3.39. The third kappa shape index (κ3) is 3.70. The van der Waals surface area contributed by atoms with Crippen molar-refractivity contribution in [3.05, 3.63) is 46.0 Å². The van der Waals surface area contributed by atoms with Crippen molar-refractivity contribution in [3.8, 4) is 0 Å². The number of carbonyl (C=O) groups excluding carboxylic acids is 2. The topological polar surface area (TPSA) is 46.6 Å². The van der Waals surface area contributed by atoms with E-state index >= 15 is 0 Å². The Morgan fingerprint density at radius 1 is 1.35 bits per heavy atom. The highest BCUT2D eigenvalue weighted by atomic mass is 79.9. The molecule has 1 aromatic rings. The monoisotopic (exact) mass is 337 g/mol. The molecule has 1 aliphatic rings. The standard InChI is InChI=1S/C15H16BrNO3/c1-20-14(18)7-4-12-8-9-17(15(12)19)10-11-2-5-13(16)6-3-11/h2-3,5-6,8H,4,7,9-10H2,1H3. The van der Waals surface area contributed by atoms with Gasteiger partial charge in [0.25, 0.3) is 0 Å². The van der Waals surface area contributed by atoms with Crippen molar-refractivity contribution >= 4 is 27.8 Å². The summed E-state index contributed by atoms with van der Waals surface area (Å²) in [6.45, 7) is 1.19. The van der Waals surface area contributed by atoms with Gasteiger partial charge in [0, 0.05) is 29.6 Å². The minimum atomic E-state index is -0.287. The number of benzene rings is 1. The predicted molar refractivity (Wildman–Crippen MR) is 78.9 cm³/mol. The van der Waals surface area contributed by atoms with Crippen LogP contribution in [0.15, 0.2) is 40.4 Å². The second-order valence-electron chi connectivity index (χ2n) is 4.62. The number of esters is 1. The molecule has 4 nitrogen and oxygen atoms in total. The number of amides is 1. The van der Waals surface area contributed by atoms with Gasteiger partial charge in [-0.15, -0.1) is 0 Å². The number of rotatable bonds is 5. The Bertz CT molecular complexity index is 537. The molecular formula is C15H16BrNO3. The fourth-order valence-corrected chi connectivity index (χ4v) is 2.35. The molecule has 20 heavy (non-hydrogen) atoms. The lowest BCUT2D eigenvalue weighted by Gasteiger charge is -2.16. The lowest BCUT2D eigenvalue weighted by atomic mass is 10.1. The number of ether oxygens (including phenoxy) is 1. The first-order valence-electron chi connectivity index (χ1n) is 6.39. The number of hydrogen-bond acceptors (Lipinski definition) is 3. The highest BCUT2D eigenvalue weighted by molar-refractivity contribution is 9.10. The van der Waals surface area contributed by atoms with E-state index in [2.05, 4.69) is 20.7 Å². The fraction of sp³-hybridized carbons (Fsp3) is 0.333. The third-order valence-electron chi connectivity index (χ3n) is 3.23. The van der Waals surface area contributed by atoms with Crippen LogP contribution < -0.4 is 0 Å². The average molecular weight is 338 g/mol. The van der Waals surface area contributed by atoms with Gasteiger partial charge in [-0.3, -0.25) is 9.59 Å². The molecule has 0 saturated heterocycles. The number of methoxy groups -OCH3 is 1. The van der Waals surface area contributed by atoms with E-state index in [4.69, 9.17) is 0 Å². The van der Waals surface area contributed by atoms with Crippen molar-refractivity contribution in [3.63, 3.8) is 0 Å². The molecule has 0 spiro atoms.